The predicted octanol–water partition coefficient (Wildman–Crippen LogP) is 3.95. The Balaban J connectivity index is 1.40. The first-order chi connectivity index (χ1) is 15.4. The molecular weight excluding hydrogens is 390 g/mol. The molecule has 7 heteroatoms. The van der Waals surface area contributed by atoms with Crippen LogP contribution in [0.4, 0.5) is 11.6 Å². The molecule has 1 saturated heterocycles. The molecule has 158 valence electrons. The summed E-state index contributed by atoms with van der Waals surface area (Å²) in [4.78, 5) is 15.2. The largest absolute Gasteiger partial charge is 0.492 e. The number of hydrogen-bond donors (Lipinski definition) is 2. The molecule has 4 aromatic rings. The Bertz CT molecular complexity index is 1140. The highest BCUT2D eigenvalue weighted by Crippen LogP contribution is 2.28. The van der Waals surface area contributed by atoms with Crippen LogP contribution in [0.3, 0.4) is 0 Å². The van der Waals surface area contributed by atoms with Gasteiger partial charge in [0.25, 0.3) is 0 Å². The summed E-state index contributed by atoms with van der Waals surface area (Å²) in [5.41, 5.74) is 2.08. The highest BCUT2D eigenvalue weighted by molar-refractivity contribution is 5.93. The van der Waals surface area contributed by atoms with Crippen molar-refractivity contribution in [3.8, 4) is 17.1 Å². The standard InChI is InChI=1S/C24H25N5O2/c1-2-5-18(6-3-1)31-14-11-26-22-17-23(29-12-15-30-16-13-29)28-24(27-22)20-7-4-8-21-19(20)9-10-25-21/h1-10,17,25H,11-16H2,(H,26,27,28). The van der Waals surface area contributed by atoms with Crippen molar-refractivity contribution in [1.82, 2.24) is 15.0 Å². The highest BCUT2D eigenvalue weighted by atomic mass is 16.5. The average molecular weight is 415 g/mol. The lowest BCUT2D eigenvalue weighted by molar-refractivity contribution is 0.122. The van der Waals surface area contributed by atoms with Crippen molar-refractivity contribution >= 4 is 22.5 Å². The van der Waals surface area contributed by atoms with Crippen LogP contribution in [0.15, 0.2) is 66.9 Å². The number of nitrogens with one attached hydrogen (secondary N) is 2. The summed E-state index contributed by atoms with van der Waals surface area (Å²) < 4.78 is 11.3. The summed E-state index contributed by atoms with van der Waals surface area (Å²) in [6, 6.07) is 20.1. The molecule has 2 aromatic carbocycles. The van der Waals surface area contributed by atoms with Gasteiger partial charge in [-0.2, -0.15) is 0 Å². The maximum absolute atomic E-state index is 5.80. The second-order valence-electron chi connectivity index (χ2n) is 7.37. The van der Waals surface area contributed by atoms with Crippen LogP contribution in [0.5, 0.6) is 5.75 Å². The third kappa shape index (κ3) is 4.46. The van der Waals surface area contributed by atoms with Crippen molar-refractivity contribution in [1.29, 1.82) is 0 Å². The number of ether oxygens (including phenoxy) is 2. The van der Waals surface area contributed by atoms with E-state index in [4.69, 9.17) is 19.4 Å². The molecule has 31 heavy (non-hydrogen) atoms. The van der Waals surface area contributed by atoms with Gasteiger partial charge in [0.2, 0.25) is 0 Å². The fraction of sp³-hybridized carbons (Fsp3) is 0.250. The number of rotatable bonds is 7. The minimum absolute atomic E-state index is 0.545. The lowest BCUT2D eigenvalue weighted by Gasteiger charge is -2.28. The van der Waals surface area contributed by atoms with Crippen molar-refractivity contribution in [3.05, 3.63) is 66.9 Å². The predicted molar refractivity (Wildman–Crippen MR) is 123 cm³/mol. The van der Waals surface area contributed by atoms with E-state index in [0.717, 1.165) is 46.9 Å². The van der Waals surface area contributed by atoms with Gasteiger partial charge in [-0.05, 0) is 24.3 Å². The third-order valence-corrected chi connectivity index (χ3v) is 5.30. The Morgan fingerprint density at radius 2 is 1.87 bits per heavy atom. The molecule has 3 heterocycles. The zero-order chi connectivity index (χ0) is 20.9. The number of aromatic amines is 1. The Labute approximate surface area is 181 Å². The molecule has 0 atom stereocenters. The summed E-state index contributed by atoms with van der Waals surface area (Å²) in [5.74, 6) is 3.27. The number of para-hydroxylation sites is 1. The van der Waals surface area contributed by atoms with E-state index in [2.05, 4.69) is 33.4 Å². The van der Waals surface area contributed by atoms with Gasteiger partial charge in [0.15, 0.2) is 5.82 Å². The van der Waals surface area contributed by atoms with Crippen LogP contribution in [-0.2, 0) is 4.74 Å². The van der Waals surface area contributed by atoms with Crippen molar-refractivity contribution < 1.29 is 9.47 Å². The Kier molecular flexibility index (Phi) is 5.66. The molecule has 2 N–H and O–H groups in total. The first-order valence-corrected chi connectivity index (χ1v) is 10.6. The van der Waals surface area contributed by atoms with Gasteiger partial charge in [-0.15, -0.1) is 0 Å². The Hall–Kier alpha value is -3.58. The second-order valence-corrected chi connectivity index (χ2v) is 7.37. The van der Waals surface area contributed by atoms with Gasteiger partial charge >= 0.3 is 0 Å². The van der Waals surface area contributed by atoms with Crippen LogP contribution >= 0.6 is 0 Å². The van der Waals surface area contributed by atoms with Crippen LogP contribution in [0, 0.1) is 0 Å². The fourth-order valence-corrected chi connectivity index (χ4v) is 3.74. The van der Waals surface area contributed by atoms with Crippen molar-refractivity contribution in [2.75, 3.05) is 49.7 Å². The van der Waals surface area contributed by atoms with E-state index >= 15 is 0 Å². The van der Waals surface area contributed by atoms with Crippen LogP contribution in [0.1, 0.15) is 0 Å². The van der Waals surface area contributed by atoms with Crippen LogP contribution in [0.2, 0.25) is 0 Å². The summed E-state index contributed by atoms with van der Waals surface area (Å²) in [6.07, 6.45) is 1.94. The van der Waals surface area contributed by atoms with E-state index < -0.39 is 0 Å². The molecule has 0 amide bonds. The minimum atomic E-state index is 0.545. The van der Waals surface area contributed by atoms with E-state index in [9.17, 15) is 0 Å². The topological polar surface area (TPSA) is 75.3 Å². The molecule has 0 radical (unpaired) electrons. The number of morpholine rings is 1. The summed E-state index contributed by atoms with van der Waals surface area (Å²) in [5, 5.41) is 4.52. The number of anilines is 2. The molecular formula is C24H25N5O2. The van der Waals surface area contributed by atoms with E-state index in [0.29, 0.717) is 32.2 Å². The maximum atomic E-state index is 5.80. The first kappa shape index (κ1) is 19.4. The van der Waals surface area contributed by atoms with Gasteiger partial charge in [0, 0.05) is 41.8 Å². The smallest absolute Gasteiger partial charge is 0.164 e. The summed E-state index contributed by atoms with van der Waals surface area (Å²) in [6.45, 7) is 4.25. The number of aromatic nitrogens is 3. The van der Waals surface area contributed by atoms with Crippen molar-refractivity contribution in [2.45, 2.75) is 0 Å². The quantitative estimate of drug-likeness (QED) is 0.445. The minimum Gasteiger partial charge on any atom is -0.492 e. The number of benzene rings is 2. The summed E-state index contributed by atoms with van der Waals surface area (Å²) in [7, 11) is 0. The van der Waals surface area contributed by atoms with Crippen molar-refractivity contribution in [2.24, 2.45) is 0 Å². The van der Waals surface area contributed by atoms with E-state index in [1.54, 1.807) is 0 Å². The zero-order valence-electron chi connectivity index (χ0n) is 17.3. The SMILES string of the molecule is c1ccc(OCCNc2cc(N3CCOCC3)nc(-c3cccc4[nH]ccc34)n2)cc1. The molecule has 0 unspecified atom stereocenters. The van der Waals surface area contributed by atoms with Gasteiger partial charge in [0.1, 0.15) is 24.0 Å². The Morgan fingerprint density at radius 3 is 2.74 bits per heavy atom. The molecule has 0 aliphatic carbocycles. The second kappa shape index (κ2) is 9.06. The molecule has 0 saturated carbocycles. The zero-order valence-corrected chi connectivity index (χ0v) is 17.3. The Morgan fingerprint density at radius 1 is 1.00 bits per heavy atom. The molecule has 0 spiro atoms. The molecule has 7 nitrogen and oxygen atoms in total. The molecule has 1 aliphatic rings. The summed E-state index contributed by atoms with van der Waals surface area (Å²) >= 11 is 0. The van der Waals surface area contributed by atoms with Gasteiger partial charge in [0.05, 0.1) is 19.8 Å². The van der Waals surface area contributed by atoms with E-state index in [1.165, 1.54) is 0 Å². The van der Waals surface area contributed by atoms with Gasteiger partial charge in [-0.1, -0.05) is 30.3 Å². The number of H-pyrrole nitrogens is 1. The molecule has 5 rings (SSSR count). The van der Waals surface area contributed by atoms with Crippen LogP contribution < -0.4 is 15.0 Å². The molecule has 0 bridgehead atoms. The molecule has 2 aromatic heterocycles. The number of nitrogens with zero attached hydrogens (tertiary/aromatic N) is 3. The fourth-order valence-electron chi connectivity index (χ4n) is 3.74. The maximum Gasteiger partial charge on any atom is 0.164 e. The van der Waals surface area contributed by atoms with Crippen LogP contribution in [-0.4, -0.2) is 54.4 Å². The highest BCUT2D eigenvalue weighted by Gasteiger charge is 2.17. The van der Waals surface area contributed by atoms with Crippen LogP contribution in [0.25, 0.3) is 22.3 Å². The third-order valence-electron chi connectivity index (χ3n) is 5.30. The number of hydrogen-bond acceptors (Lipinski definition) is 6. The lowest BCUT2D eigenvalue weighted by atomic mass is 10.1. The van der Waals surface area contributed by atoms with Gasteiger partial charge < -0.3 is 24.7 Å². The monoisotopic (exact) mass is 415 g/mol. The average Bonchev–Trinajstić information content (AvgIpc) is 3.32. The lowest BCUT2D eigenvalue weighted by Crippen LogP contribution is -2.37. The number of fused-ring (bicyclic) bond motifs is 1. The van der Waals surface area contributed by atoms with Gasteiger partial charge in [-0.25, -0.2) is 9.97 Å². The van der Waals surface area contributed by atoms with E-state index in [-0.39, 0.29) is 0 Å². The van der Waals surface area contributed by atoms with E-state index in [1.807, 2.05) is 48.7 Å². The first-order valence-electron chi connectivity index (χ1n) is 10.6. The normalized spacial score (nSPS) is 14.0. The van der Waals surface area contributed by atoms with Crippen molar-refractivity contribution in [3.63, 3.8) is 0 Å². The molecule has 1 fully saturated rings. The van der Waals surface area contributed by atoms with Gasteiger partial charge in [-0.3, -0.25) is 0 Å². The molecule has 1 aliphatic heterocycles.